The number of hydrogen-bond acceptors (Lipinski definition) is 7. The minimum Gasteiger partial charge on any atom is -0.467 e. The quantitative estimate of drug-likeness (QED) is 0.252. The van der Waals surface area contributed by atoms with Gasteiger partial charge in [-0.1, -0.05) is 42.5 Å². The molecule has 2 atom stereocenters. The number of imide groups is 1. The molecule has 2 aromatic carbocycles. The van der Waals surface area contributed by atoms with Crippen LogP contribution in [-0.4, -0.2) is 67.3 Å². The van der Waals surface area contributed by atoms with Gasteiger partial charge in [0.25, 0.3) is 11.8 Å². The molecule has 0 fully saturated rings. The van der Waals surface area contributed by atoms with Crippen LogP contribution in [0.3, 0.4) is 0 Å². The smallest absolute Gasteiger partial charge is 0.330 e. The lowest BCUT2D eigenvalue weighted by Crippen LogP contribution is -2.55. The van der Waals surface area contributed by atoms with Crippen molar-refractivity contribution >= 4 is 30.0 Å². The molecule has 0 aliphatic carbocycles. The van der Waals surface area contributed by atoms with Crippen molar-refractivity contribution in [2.24, 2.45) is 0 Å². The molecule has 32 heavy (non-hydrogen) atoms. The van der Waals surface area contributed by atoms with Crippen molar-refractivity contribution in [1.82, 2.24) is 10.2 Å². The van der Waals surface area contributed by atoms with Gasteiger partial charge in [0.1, 0.15) is 18.9 Å². The molecule has 0 bridgehead atoms. The fraction of sp³-hybridized carbons (Fsp3) is 0.261. The monoisotopic (exact) mass is 438 g/mol. The largest absolute Gasteiger partial charge is 0.467 e. The van der Waals surface area contributed by atoms with Crippen molar-refractivity contribution in [3.63, 3.8) is 0 Å². The average molecular weight is 438 g/mol. The van der Waals surface area contributed by atoms with Gasteiger partial charge >= 0.3 is 5.97 Å². The van der Waals surface area contributed by atoms with Crippen molar-refractivity contribution in [2.45, 2.75) is 18.5 Å². The molecule has 1 aliphatic heterocycles. The van der Waals surface area contributed by atoms with E-state index in [0.29, 0.717) is 6.29 Å². The number of benzene rings is 2. The number of ether oxygens (including phenoxy) is 2. The predicted octanol–water partition coefficient (Wildman–Crippen LogP) is 0.767. The highest BCUT2D eigenvalue weighted by atomic mass is 16.5. The molecule has 0 aromatic heterocycles. The van der Waals surface area contributed by atoms with Gasteiger partial charge in [0, 0.05) is 6.42 Å². The molecule has 1 N–H and O–H groups in total. The Morgan fingerprint density at radius 3 is 2.16 bits per heavy atom. The van der Waals surface area contributed by atoms with Gasteiger partial charge in [-0.2, -0.15) is 0 Å². The lowest BCUT2D eigenvalue weighted by atomic mass is 10.0. The maximum absolute atomic E-state index is 13.3. The van der Waals surface area contributed by atoms with Gasteiger partial charge in [-0.05, 0) is 17.7 Å². The predicted molar refractivity (Wildman–Crippen MR) is 112 cm³/mol. The average Bonchev–Trinajstić information content (AvgIpc) is 3.07. The SMILES string of the molecule is COC(=O)[C@H](COCC=O)NC(=O)C(Cc1ccccc1)N1C(=O)c2ccccc2C1=O. The van der Waals surface area contributed by atoms with E-state index in [4.69, 9.17) is 9.47 Å². The fourth-order valence-electron chi connectivity index (χ4n) is 3.44. The molecule has 1 unspecified atom stereocenters. The van der Waals surface area contributed by atoms with Gasteiger partial charge in [-0.3, -0.25) is 19.3 Å². The van der Waals surface area contributed by atoms with Crippen molar-refractivity contribution in [2.75, 3.05) is 20.3 Å². The molecule has 1 heterocycles. The van der Waals surface area contributed by atoms with E-state index in [1.165, 1.54) is 12.1 Å². The summed E-state index contributed by atoms with van der Waals surface area (Å²) in [5.41, 5.74) is 1.14. The third-order valence-corrected chi connectivity index (χ3v) is 4.98. The molecule has 3 rings (SSSR count). The summed E-state index contributed by atoms with van der Waals surface area (Å²) in [5, 5.41) is 2.49. The first-order valence-corrected chi connectivity index (χ1v) is 9.88. The summed E-state index contributed by atoms with van der Waals surface area (Å²) in [5.74, 6) is -2.69. The van der Waals surface area contributed by atoms with Crippen LogP contribution in [0.5, 0.6) is 0 Å². The van der Waals surface area contributed by atoms with Gasteiger partial charge in [-0.15, -0.1) is 0 Å². The van der Waals surface area contributed by atoms with Crippen LogP contribution in [0.2, 0.25) is 0 Å². The van der Waals surface area contributed by atoms with E-state index < -0.39 is 35.8 Å². The molecule has 0 spiro atoms. The second kappa shape index (κ2) is 10.5. The summed E-state index contributed by atoms with van der Waals surface area (Å²) in [7, 11) is 1.15. The van der Waals surface area contributed by atoms with Crippen LogP contribution in [-0.2, 0) is 30.3 Å². The van der Waals surface area contributed by atoms with Crippen LogP contribution in [0, 0.1) is 0 Å². The number of amides is 3. The Bertz CT molecular complexity index is 987. The zero-order chi connectivity index (χ0) is 23.1. The number of carbonyl (C=O) groups is 5. The topological polar surface area (TPSA) is 119 Å². The summed E-state index contributed by atoms with van der Waals surface area (Å²) >= 11 is 0. The Hall–Kier alpha value is -3.85. The standard InChI is InChI=1S/C23H22N2O7/c1-31-23(30)18(14-32-12-11-26)24-20(27)19(13-15-7-3-2-4-8-15)25-21(28)16-9-5-6-10-17(16)22(25)29/h2-11,18-19H,12-14H2,1H3,(H,24,27)/t18-,19?/m0/s1. The second-order valence-electron chi connectivity index (χ2n) is 7.02. The first-order valence-electron chi connectivity index (χ1n) is 9.88. The molecule has 3 amide bonds. The van der Waals surface area contributed by atoms with E-state index in [-0.39, 0.29) is 30.8 Å². The highest BCUT2D eigenvalue weighted by Crippen LogP contribution is 2.26. The number of esters is 1. The third kappa shape index (κ3) is 4.89. The fourth-order valence-corrected chi connectivity index (χ4v) is 3.44. The molecule has 2 aromatic rings. The second-order valence-corrected chi connectivity index (χ2v) is 7.02. The highest BCUT2D eigenvalue weighted by Gasteiger charge is 2.43. The number of rotatable bonds is 10. The maximum atomic E-state index is 13.3. The number of aldehydes is 1. The van der Waals surface area contributed by atoms with E-state index in [0.717, 1.165) is 17.6 Å². The minimum atomic E-state index is -1.22. The molecule has 166 valence electrons. The molecule has 1 aliphatic rings. The molecule has 0 saturated heterocycles. The zero-order valence-corrected chi connectivity index (χ0v) is 17.4. The zero-order valence-electron chi connectivity index (χ0n) is 17.4. The summed E-state index contributed by atoms with van der Waals surface area (Å²) in [4.78, 5) is 62.8. The van der Waals surface area contributed by atoms with E-state index in [9.17, 15) is 24.0 Å². The third-order valence-electron chi connectivity index (χ3n) is 4.98. The first-order chi connectivity index (χ1) is 15.5. The lowest BCUT2D eigenvalue weighted by Gasteiger charge is -2.27. The van der Waals surface area contributed by atoms with Gasteiger partial charge in [0.05, 0.1) is 24.8 Å². The number of carbonyl (C=O) groups excluding carboxylic acids is 5. The number of nitrogens with zero attached hydrogens (tertiary/aromatic N) is 1. The van der Waals surface area contributed by atoms with Crippen molar-refractivity contribution in [3.05, 3.63) is 71.3 Å². The number of fused-ring (bicyclic) bond motifs is 1. The van der Waals surface area contributed by atoms with Gasteiger partial charge in [-0.25, -0.2) is 4.79 Å². The number of methoxy groups -OCH3 is 1. The van der Waals surface area contributed by atoms with Gasteiger partial charge in [0.2, 0.25) is 5.91 Å². The Balaban J connectivity index is 1.90. The van der Waals surface area contributed by atoms with Gasteiger partial charge in [0.15, 0.2) is 6.04 Å². The van der Waals surface area contributed by atoms with Crippen LogP contribution in [0.4, 0.5) is 0 Å². The summed E-state index contributed by atoms with van der Waals surface area (Å²) in [6.45, 7) is -0.577. The van der Waals surface area contributed by atoms with Crippen LogP contribution in [0.15, 0.2) is 54.6 Å². The van der Waals surface area contributed by atoms with Crippen molar-refractivity contribution < 1.29 is 33.4 Å². The highest BCUT2D eigenvalue weighted by molar-refractivity contribution is 6.22. The summed E-state index contributed by atoms with van der Waals surface area (Å²) in [6, 6.07) is 12.8. The first kappa shape index (κ1) is 22.8. The van der Waals surface area contributed by atoms with Crippen molar-refractivity contribution in [1.29, 1.82) is 0 Å². The molecule has 9 heteroatoms. The maximum Gasteiger partial charge on any atom is 0.330 e. The van der Waals surface area contributed by atoms with E-state index in [1.54, 1.807) is 42.5 Å². The molecular formula is C23H22N2O7. The Morgan fingerprint density at radius 1 is 1.00 bits per heavy atom. The van der Waals surface area contributed by atoms with Gasteiger partial charge < -0.3 is 19.6 Å². The Morgan fingerprint density at radius 2 is 1.59 bits per heavy atom. The van der Waals surface area contributed by atoms with Crippen LogP contribution >= 0.6 is 0 Å². The number of nitrogens with one attached hydrogen (secondary N) is 1. The Kier molecular flexibility index (Phi) is 7.45. The summed E-state index contributed by atoms with van der Waals surface area (Å²) in [6.07, 6.45) is 0.550. The minimum absolute atomic E-state index is 0.0429. The van der Waals surface area contributed by atoms with Crippen LogP contribution < -0.4 is 5.32 Å². The molecular weight excluding hydrogens is 416 g/mol. The molecule has 0 saturated carbocycles. The van der Waals surface area contributed by atoms with E-state index in [2.05, 4.69) is 5.32 Å². The van der Waals surface area contributed by atoms with Crippen molar-refractivity contribution in [3.8, 4) is 0 Å². The molecule has 0 radical (unpaired) electrons. The lowest BCUT2D eigenvalue weighted by molar-refractivity contribution is -0.147. The van der Waals surface area contributed by atoms with E-state index in [1.807, 2.05) is 0 Å². The van der Waals surface area contributed by atoms with Crippen LogP contribution in [0.1, 0.15) is 26.3 Å². The van der Waals surface area contributed by atoms with E-state index >= 15 is 0 Å². The number of hydrogen-bond donors (Lipinski definition) is 1. The summed E-state index contributed by atoms with van der Waals surface area (Å²) < 4.78 is 9.75. The molecule has 9 nitrogen and oxygen atoms in total. The normalized spacial score (nSPS) is 14.5. The van der Waals surface area contributed by atoms with Crippen LogP contribution in [0.25, 0.3) is 0 Å². The Labute approximate surface area is 184 Å².